The van der Waals surface area contributed by atoms with Gasteiger partial charge in [0.2, 0.25) is 5.89 Å². The van der Waals surface area contributed by atoms with Crippen LogP contribution in [0.3, 0.4) is 0 Å². The standard InChI is InChI=1S/C9H15N3O2/c1-9(2)3-5(9)7-11-8(14-12-7)6(10)4-13/h5-6,13H,3-4,10H2,1-2H3. The zero-order chi connectivity index (χ0) is 10.3. The number of aliphatic hydroxyl groups excluding tert-OH is 1. The first-order chi connectivity index (χ1) is 6.54. The van der Waals surface area contributed by atoms with Crippen molar-refractivity contribution < 1.29 is 9.63 Å². The second kappa shape index (κ2) is 3.03. The predicted molar refractivity (Wildman–Crippen MR) is 49.5 cm³/mol. The molecule has 14 heavy (non-hydrogen) atoms. The second-order valence-electron chi connectivity index (χ2n) is 4.53. The molecule has 2 rings (SSSR count). The lowest BCUT2D eigenvalue weighted by molar-refractivity contribution is 0.236. The molecule has 0 aromatic carbocycles. The van der Waals surface area contributed by atoms with Crippen LogP contribution in [0.5, 0.6) is 0 Å². The average Bonchev–Trinajstić information content (AvgIpc) is 2.64. The van der Waals surface area contributed by atoms with E-state index in [1.807, 2.05) is 0 Å². The molecular weight excluding hydrogens is 182 g/mol. The first-order valence-electron chi connectivity index (χ1n) is 4.74. The van der Waals surface area contributed by atoms with Crippen LogP contribution in [0.25, 0.3) is 0 Å². The molecule has 0 bridgehead atoms. The second-order valence-corrected chi connectivity index (χ2v) is 4.53. The molecule has 1 aromatic heterocycles. The maximum atomic E-state index is 8.80. The molecule has 1 aromatic rings. The van der Waals surface area contributed by atoms with Gasteiger partial charge in [-0.25, -0.2) is 0 Å². The van der Waals surface area contributed by atoms with Gasteiger partial charge in [0.05, 0.1) is 6.61 Å². The van der Waals surface area contributed by atoms with E-state index in [9.17, 15) is 0 Å². The van der Waals surface area contributed by atoms with Crippen molar-refractivity contribution >= 4 is 0 Å². The van der Waals surface area contributed by atoms with E-state index in [0.717, 1.165) is 6.42 Å². The Morgan fingerprint density at radius 2 is 2.36 bits per heavy atom. The van der Waals surface area contributed by atoms with Gasteiger partial charge in [0.1, 0.15) is 6.04 Å². The van der Waals surface area contributed by atoms with E-state index in [4.69, 9.17) is 15.4 Å². The van der Waals surface area contributed by atoms with Crippen LogP contribution >= 0.6 is 0 Å². The lowest BCUT2D eigenvalue weighted by atomic mass is 10.1. The summed E-state index contributed by atoms with van der Waals surface area (Å²) in [5.41, 5.74) is 5.83. The van der Waals surface area contributed by atoms with Crippen LogP contribution in [0.1, 0.15) is 43.9 Å². The van der Waals surface area contributed by atoms with E-state index < -0.39 is 6.04 Å². The Balaban J connectivity index is 2.11. The maximum Gasteiger partial charge on any atom is 0.245 e. The van der Waals surface area contributed by atoms with E-state index in [2.05, 4.69) is 24.0 Å². The van der Waals surface area contributed by atoms with Crippen molar-refractivity contribution in [3.8, 4) is 0 Å². The van der Waals surface area contributed by atoms with Gasteiger partial charge in [-0.1, -0.05) is 19.0 Å². The minimum Gasteiger partial charge on any atom is -0.394 e. The molecule has 1 heterocycles. The number of rotatable bonds is 3. The number of aliphatic hydroxyl groups is 1. The van der Waals surface area contributed by atoms with Gasteiger partial charge < -0.3 is 15.4 Å². The summed E-state index contributed by atoms with van der Waals surface area (Å²) in [5, 5.41) is 12.7. The van der Waals surface area contributed by atoms with Crippen LogP contribution in [0.2, 0.25) is 0 Å². The van der Waals surface area contributed by atoms with E-state index in [0.29, 0.717) is 17.6 Å². The molecule has 2 atom stereocenters. The van der Waals surface area contributed by atoms with Crippen molar-refractivity contribution in [2.45, 2.75) is 32.2 Å². The topological polar surface area (TPSA) is 85.2 Å². The third-order valence-electron chi connectivity index (χ3n) is 2.80. The number of nitrogens with zero attached hydrogens (tertiary/aromatic N) is 2. The van der Waals surface area contributed by atoms with Gasteiger partial charge in [0.25, 0.3) is 0 Å². The lowest BCUT2D eigenvalue weighted by Crippen LogP contribution is -2.14. The Morgan fingerprint density at radius 1 is 1.71 bits per heavy atom. The van der Waals surface area contributed by atoms with Gasteiger partial charge in [-0.3, -0.25) is 0 Å². The van der Waals surface area contributed by atoms with Crippen LogP contribution in [0.4, 0.5) is 0 Å². The van der Waals surface area contributed by atoms with E-state index in [-0.39, 0.29) is 12.0 Å². The Labute approximate surface area is 82.3 Å². The first kappa shape index (κ1) is 9.61. The molecule has 0 aliphatic heterocycles. The highest BCUT2D eigenvalue weighted by molar-refractivity contribution is 5.14. The summed E-state index contributed by atoms with van der Waals surface area (Å²) in [6, 6.07) is -0.557. The fourth-order valence-corrected chi connectivity index (χ4v) is 1.53. The van der Waals surface area contributed by atoms with Crippen LogP contribution in [-0.4, -0.2) is 21.9 Å². The van der Waals surface area contributed by atoms with Gasteiger partial charge in [-0.15, -0.1) is 0 Å². The van der Waals surface area contributed by atoms with Crippen molar-refractivity contribution in [3.63, 3.8) is 0 Å². The molecule has 0 saturated heterocycles. The maximum absolute atomic E-state index is 8.80. The van der Waals surface area contributed by atoms with Gasteiger partial charge >= 0.3 is 0 Å². The van der Waals surface area contributed by atoms with Crippen LogP contribution < -0.4 is 5.73 Å². The molecule has 5 heteroatoms. The van der Waals surface area contributed by atoms with Crippen molar-refractivity contribution in [1.82, 2.24) is 10.1 Å². The molecule has 0 spiro atoms. The summed E-state index contributed by atoms with van der Waals surface area (Å²) >= 11 is 0. The molecule has 0 radical (unpaired) electrons. The summed E-state index contributed by atoms with van der Waals surface area (Å²) in [7, 11) is 0. The Bertz CT molecular complexity index is 335. The smallest absolute Gasteiger partial charge is 0.245 e. The predicted octanol–water partition coefficient (Wildman–Crippen LogP) is 0.575. The van der Waals surface area contributed by atoms with Crippen molar-refractivity contribution in [2.24, 2.45) is 11.1 Å². The molecule has 78 valence electrons. The molecule has 0 amide bonds. The number of nitrogens with two attached hydrogens (primary N) is 1. The number of hydrogen-bond donors (Lipinski definition) is 2. The van der Waals surface area contributed by atoms with E-state index in [1.54, 1.807) is 0 Å². The lowest BCUT2D eigenvalue weighted by Gasteiger charge is -1.99. The highest BCUT2D eigenvalue weighted by atomic mass is 16.5. The van der Waals surface area contributed by atoms with Gasteiger partial charge in [0.15, 0.2) is 5.82 Å². The monoisotopic (exact) mass is 197 g/mol. The minimum atomic E-state index is -0.557. The summed E-state index contributed by atoms with van der Waals surface area (Å²) in [6.45, 7) is 4.16. The van der Waals surface area contributed by atoms with Crippen molar-refractivity contribution in [3.05, 3.63) is 11.7 Å². The summed E-state index contributed by atoms with van der Waals surface area (Å²) in [4.78, 5) is 4.18. The zero-order valence-corrected chi connectivity index (χ0v) is 8.40. The molecular formula is C9H15N3O2. The fraction of sp³-hybridized carbons (Fsp3) is 0.778. The third-order valence-corrected chi connectivity index (χ3v) is 2.80. The van der Waals surface area contributed by atoms with E-state index >= 15 is 0 Å². The Morgan fingerprint density at radius 3 is 2.86 bits per heavy atom. The molecule has 1 aliphatic carbocycles. The minimum absolute atomic E-state index is 0.171. The summed E-state index contributed by atoms with van der Waals surface area (Å²) in [5.74, 6) is 1.42. The highest BCUT2D eigenvalue weighted by Gasteiger charge is 2.49. The van der Waals surface area contributed by atoms with E-state index in [1.165, 1.54) is 0 Å². The van der Waals surface area contributed by atoms with Gasteiger partial charge in [-0.05, 0) is 11.8 Å². The molecule has 1 aliphatic rings. The van der Waals surface area contributed by atoms with Crippen molar-refractivity contribution in [2.75, 3.05) is 6.61 Å². The quantitative estimate of drug-likeness (QED) is 0.740. The summed E-state index contributed by atoms with van der Waals surface area (Å²) in [6.07, 6.45) is 1.08. The van der Waals surface area contributed by atoms with Crippen molar-refractivity contribution in [1.29, 1.82) is 0 Å². The summed E-state index contributed by atoms with van der Waals surface area (Å²) < 4.78 is 4.97. The van der Waals surface area contributed by atoms with Crippen LogP contribution in [0, 0.1) is 5.41 Å². The number of hydrogen-bond acceptors (Lipinski definition) is 5. The van der Waals surface area contributed by atoms with Crippen LogP contribution in [-0.2, 0) is 0 Å². The first-order valence-corrected chi connectivity index (χ1v) is 4.74. The van der Waals surface area contributed by atoms with Crippen LogP contribution in [0.15, 0.2) is 4.52 Å². The Hall–Kier alpha value is -0.940. The molecule has 2 unspecified atom stereocenters. The number of aromatic nitrogens is 2. The third kappa shape index (κ3) is 1.53. The highest BCUT2D eigenvalue weighted by Crippen LogP contribution is 2.57. The SMILES string of the molecule is CC1(C)CC1c1noc(C(N)CO)n1. The normalized spacial score (nSPS) is 26.1. The molecule has 1 fully saturated rings. The fourth-order valence-electron chi connectivity index (χ4n) is 1.53. The van der Waals surface area contributed by atoms with Gasteiger partial charge in [-0.2, -0.15) is 4.98 Å². The molecule has 3 N–H and O–H groups in total. The zero-order valence-electron chi connectivity index (χ0n) is 8.40. The Kier molecular flexibility index (Phi) is 2.08. The molecule has 5 nitrogen and oxygen atoms in total. The average molecular weight is 197 g/mol. The van der Waals surface area contributed by atoms with Gasteiger partial charge in [0, 0.05) is 5.92 Å². The largest absolute Gasteiger partial charge is 0.394 e. The molecule has 1 saturated carbocycles.